The van der Waals surface area contributed by atoms with E-state index >= 15 is 0 Å². The summed E-state index contributed by atoms with van der Waals surface area (Å²) in [5.74, 6) is -0.282. The zero-order valence-corrected chi connectivity index (χ0v) is 13.1. The minimum Gasteiger partial charge on any atom is -0.329 e. The standard InChI is InChI=1S/C15H23FN2O2S/c1-11-7-8-13(16)9-15(11)21(19,20)18-14(10-17)12-5-3-2-4-6-12/h7-9,12,14,18H,2-6,10,17H2,1H3. The Balaban J connectivity index is 2.20. The molecule has 1 aliphatic rings. The zero-order valence-electron chi connectivity index (χ0n) is 12.3. The van der Waals surface area contributed by atoms with Gasteiger partial charge in [-0.3, -0.25) is 0 Å². The number of sulfonamides is 1. The molecule has 0 heterocycles. The number of nitrogens with one attached hydrogen (secondary N) is 1. The summed E-state index contributed by atoms with van der Waals surface area (Å²) in [7, 11) is -3.74. The number of halogens is 1. The highest BCUT2D eigenvalue weighted by Crippen LogP contribution is 2.27. The van der Waals surface area contributed by atoms with Gasteiger partial charge in [0, 0.05) is 12.6 Å². The number of rotatable bonds is 5. The molecule has 0 bridgehead atoms. The van der Waals surface area contributed by atoms with Crippen molar-refractivity contribution in [3.63, 3.8) is 0 Å². The van der Waals surface area contributed by atoms with Crippen molar-refractivity contribution in [2.45, 2.75) is 50.0 Å². The highest BCUT2D eigenvalue weighted by molar-refractivity contribution is 7.89. The van der Waals surface area contributed by atoms with E-state index in [1.807, 2.05) is 0 Å². The van der Waals surface area contributed by atoms with Crippen molar-refractivity contribution in [2.24, 2.45) is 11.7 Å². The van der Waals surface area contributed by atoms with E-state index in [9.17, 15) is 12.8 Å². The SMILES string of the molecule is Cc1ccc(F)cc1S(=O)(=O)NC(CN)C1CCCCC1. The Morgan fingerprint density at radius 1 is 1.33 bits per heavy atom. The monoisotopic (exact) mass is 314 g/mol. The molecule has 0 aromatic heterocycles. The van der Waals surface area contributed by atoms with Crippen LogP contribution in [-0.2, 0) is 10.0 Å². The number of hydrogen-bond acceptors (Lipinski definition) is 3. The maximum absolute atomic E-state index is 13.3. The van der Waals surface area contributed by atoms with Crippen LogP contribution in [0.2, 0.25) is 0 Å². The van der Waals surface area contributed by atoms with Gasteiger partial charge in [0.15, 0.2) is 0 Å². The molecule has 0 amide bonds. The van der Waals surface area contributed by atoms with E-state index in [1.165, 1.54) is 18.6 Å². The van der Waals surface area contributed by atoms with Crippen LogP contribution in [-0.4, -0.2) is 21.0 Å². The molecular formula is C15H23FN2O2S. The molecule has 0 radical (unpaired) electrons. The van der Waals surface area contributed by atoms with Crippen molar-refractivity contribution in [1.29, 1.82) is 0 Å². The van der Waals surface area contributed by atoms with Gasteiger partial charge < -0.3 is 5.73 Å². The smallest absolute Gasteiger partial charge is 0.241 e. The molecule has 1 aliphatic carbocycles. The first kappa shape index (κ1) is 16.4. The van der Waals surface area contributed by atoms with Crippen LogP contribution in [0.15, 0.2) is 23.1 Å². The van der Waals surface area contributed by atoms with Crippen molar-refractivity contribution in [2.75, 3.05) is 6.54 Å². The van der Waals surface area contributed by atoms with Gasteiger partial charge in [-0.2, -0.15) is 0 Å². The molecular weight excluding hydrogens is 291 g/mol. The summed E-state index contributed by atoms with van der Waals surface area (Å²) in [6.45, 7) is 1.92. The molecule has 1 fully saturated rings. The molecule has 1 saturated carbocycles. The van der Waals surface area contributed by atoms with E-state index < -0.39 is 15.8 Å². The van der Waals surface area contributed by atoms with E-state index in [2.05, 4.69) is 4.72 Å². The quantitative estimate of drug-likeness (QED) is 0.876. The molecule has 3 N–H and O–H groups in total. The van der Waals surface area contributed by atoms with Crippen molar-refractivity contribution in [3.05, 3.63) is 29.6 Å². The lowest BCUT2D eigenvalue weighted by Gasteiger charge is -2.30. The summed E-state index contributed by atoms with van der Waals surface area (Å²) >= 11 is 0. The predicted molar refractivity (Wildman–Crippen MR) is 80.9 cm³/mol. The fraction of sp³-hybridized carbons (Fsp3) is 0.600. The summed E-state index contributed by atoms with van der Waals surface area (Å²) in [6.07, 6.45) is 5.41. The maximum atomic E-state index is 13.3. The summed E-state index contributed by atoms with van der Waals surface area (Å²) in [5, 5.41) is 0. The van der Waals surface area contributed by atoms with Gasteiger partial charge >= 0.3 is 0 Å². The summed E-state index contributed by atoms with van der Waals surface area (Å²) < 4.78 is 41.0. The Hall–Kier alpha value is -0.980. The van der Waals surface area contributed by atoms with Gasteiger partial charge in [0.1, 0.15) is 5.82 Å². The fourth-order valence-corrected chi connectivity index (χ4v) is 4.57. The van der Waals surface area contributed by atoms with Crippen LogP contribution in [0.3, 0.4) is 0 Å². The van der Waals surface area contributed by atoms with Gasteiger partial charge in [-0.15, -0.1) is 0 Å². The number of aryl methyl sites for hydroxylation is 1. The van der Waals surface area contributed by atoms with Crippen LogP contribution in [0.25, 0.3) is 0 Å². The van der Waals surface area contributed by atoms with Gasteiger partial charge in [-0.1, -0.05) is 25.3 Å². The Morgan fingerprint density at radius 3 is 2.62 bits per heavy atom. The molecule has 1 aromatic carbocycles. The van der Waals surface area contributed by atoms with Crippen molar-refractivity contribution in [3.8, 4) is 0 Å². The first-order chi connectivity index (χ1) is 9.94. The number of hydrogen-bond donors (Lipinski definition) is 2. The van der Waals surface area contributed by atoms with Crippen molar-refractivity contribution in [1.82, 2.24) is 4.72 Å². The Kier molecular flexibility index (Phi) is 5.35. The van der Waals surface area contributed by atoms with Crippen LogP contribution < -0.4 is 10.5 Å². The molecule has 0 spiro atoms. The molecule has 2 rings (SSSR count). The Labute approximate surface area is 126 Å². The molecule has 118 valence electrons. The van der Waals surface area contributed by atoms with E-state index in [0.29, 0.717) is 5.56 Å². The first-order valence-electron chi connectivity index (χ1n) is 7.42. The Morgan fingerprint density at radius 2 is 2.00 bits per heavy atom. The van der Waals surface area contributed by atoms with Gasteiger partial charge in [0.2, 0.25) is 10.0 Å². The van der Waals surface area contributed by atoms with Crippen molar-refractivity contribution < 1.29 is 12.8 Å². The van der Waals surface area contributed by atoms with Gasteiger partial charge in [-0.05, 0) is 43.4 Å². The first-order valence-corrected chi connectivity index (χ1v) is 8.91. The lowest BCUT2D eigenvalue weighted by atomic mass is 9.84. The van der Waals surface area contributed by atoms with Crippen molar-refractivity contribution >= 4 is 10.0 Å². The predicted octanol–water partition coefficient (Wildman–Crippen LogP) is 2.32. The molecule has 1 aromatic rings. The van der Waals surface area contributed by atoms with E-state index in [0.717, 1.165) is 31.7 Å². The number of nitrogens with two attached hydrogens (primary N) is 1. The molecule has 0 saturated heterocycles. The average molecular weight is 314 g/mol. The highest BCUT2D eigenvalue weighted by Gasteiger charge is 2.28. The van der Waals surface area contributed by atoms with Gasteiger partial charge in [0.25, 0.3) is 0 Å². The highest BCUT2D eigenvalue weighted by atomic mass is 32.2. The summed E-state index contributed by atoms with van der Waals surface area (Å²) in [5.41, 5.74) is 6.29. The normalized spacial score (nSPS) is 18.6. The van der Waals surface area contributed by atoms with E-state index in [1.54, 1.807) is 6.92 Å². The Bertz CT molecular complexity index is 583. The second-order valence-electron chi connectivity index (χ2n) is 5.77. The zero-order chi connectivity index (χ0) is 15.5. The minimum absolute atomic E-state index is 0.00300. The maximum Gasteiger partial charge on any atom is 0.241 e. The molecule has 1 atom stereocenters. The molecule has 4 nitrogen and oxygen atoms in total. The molecule has 1 unspecified atom stereocenters. The third-order valence-corrected chi connectivity index (χ3v) is 5.85. The molecule has 0 aliphatic heterocycles. The van der Waals surface area contributed by atoms with Crippen LogP contribution in [0.5, 0.6) is 0 Å². The third-order valence-electron chi connectivity index (χ3n) is 4.22. The van der Waals surface area contributed by atoms with Crippen LogP contribution in [0.1, 0.15) is 37.7 Å². The molecule has 6 heteroatoms. The third kappa shape index (κ3) is 4.02. The lowest BCUT2D eigenvalue weighted by molar-refractivity contribution is 0.294. The molecule has 21 heavy (non-hydrogen) atoms. The topological polar surface area (TPSA) is 72.2 Å². The largest absolute Gasteiger partial charge is 0.329 e. The van der Waals surface area contributed by atoms with Crippen LogP contribution in [0.4, 0.5) is 4.39 Å². The second kappa shape index (κ2) is 6.85. The van der Waals surface area contributed by atoms with Gasteiger partial charge in [-0.25, -0.2) is 17.5 Å². The van der Waals surface area contributed by atoms with Crippen LogP contribution in [0, 0.1) is 18.7 Å². The second-order valence-corrected chi connectivity index (χ2v) is 7.45. The lowest BCUT2D eigenvalue weighted by Crippen LogP contribution is -2.45. The fourth-order valence-electron chi connectivity index (χ4n) is 3.00. The summed E-state index contributed by atoms with van der Waals surface area (Å²) in [4.78, 5) is -0.00300. The minimum atomic E-state index is -3.74. The van der Waals surface area contributed by atoms with E-state index in [-0.39, 0.29) is 23.4 Å². The summed E-state index contributed by atoms with van der Waals surface area (Å²) in [6, 6.07) is 3.52. The average Bonchev–Trinajstić information content (AvgIpc) is 2.48. The van der Waals surface area contributed by atoms with Gasteiger partial charge in [0.05, 0.1) is 4.90 Å². The van der Waals surface area contributed by atoms with Crippen LogP contribution >= 0.6 is 0 Å². The van der Waals surface area contributed by atoms with E-state index in [4.69, 9.17) is 5.73 Å². The number of benzene rings is 1.